The minimum absolute atomic E-state index is 0.152. The maximum atomic E-state index is 12.9. The van der Waals surface area contributed by atoms with Gasteiger partial charge in [-0.05, 0) is 39.2 Å². The molecule has 3 fully saturated rings. The number of amides is 1. The van der Waals surface area contributed by atoms with Crippen molar-refractivity contribution in [2.24, 2.45) is 0 Å². The number of ether oxygens (including phenoxy) is 2. The maximum Gasteiger partial charge on any atom is 0.246 e. The Balaban J connectivity index is 1.40. The molecular formula is C23H33N3O3. The zero-order chi connectivity index (χ0) is 20.5. The molecule has 3 aliphatic heterocycles. The maximum absolute atomic E-state index is 12.9. The van der Waals surface area contributed by atoms with Crippen LogP contribution in [0.25, 0.3) is 0 Å². The number of hydrogen-bond donors (Lipinski definition) is 0. The average Bonchev–Trinajstić information content (AvgIpc) is 3.29. The molecule has 1 aromatic rings. The molecule has 3 saturated heterocycles. The standard InChI is InChI=1S/C23H33N3O3/c1-24-17-5-6-18(24)10-16(9-17)11-23(27)25(2)19-7-8-26(15-19)20-12-21(28-3)14-22(13-20)29-4/h11-14,17-19H,5-10,15H2,1-4H3/t17-,18+,19-/m1/s1. The van der Waals surface area contributed by atoms with Gasteiger partial charge in [-0.3, -0.25) is 9.69 Å². The van der Waals surface area contributed by atoms with Crippen molar-refractivity contribution >= 4 is 11.6 Å². The Hall–Kier alpha value is -2.21. The van der Waals surface area contributed by atoms with E-state index in [4.69, 9.17) is 9.47 Å². The fourth-order valence-electron chi connectivity index (χ4n) is 5.11. The van der Waals surface area contributed by atoms with Crippen molar-refractivity contribution in [3.63, 3.8) is 0 Å². The number of fused-ring (bicyclic) bond motifs is 2. The molecule has 0 saturated carbocycles. The van der Waals surface area contributed by atoms with Crippen molar-refractivity contribution in [3.8, 4) is 11.5 Å². The highest BCUT2D eigenvalue weighted by Crippen LogP contribution is 2.37. The predicted octanol–water partition coefficient (Wildman–Crippen LogP) is 2.92. The van der Waals surface area contributed by atoms with Crippen LogP contribution in [0.4, 0.5) is 5.69 Å². The Kier molecular flexibility index (Phi) is 5.72. The predicted molar refractivity (Wildman–Crippen MR) is 115 cm³/mol. The number of methoxy groups -OCH3 is 2. The van der Waals surface area contributed by atoms with Gasteiger partial charge in [0.15, 0.2) is 0 Å². The molecule has 158 valence electrons. The fourth-order valence-corrected chi connectivity index (χ4v) is 5.11. The summed E-state index contributed by atoms with van der Waals surface area (Å²) >= 11 is 0. The summed E-state index contributed by atoms with van der Waals surface area (Å²) in [6, 6.07) is 7.42. The Morgan fingerprint density at radius 2 is 1.69 bits per heavy atom. The summed E-state index contributed by atoms with van der Waals surface area (Å²) in [4.78, 5) is 19.7. The number of anilines is 1. The van der Waals surface area contributed by atoms with E-state index in [9.17, 15) is 4.79 Å². The monoisotopic (exact) mass is 399 g/mol. The lowest BCUT2D eigenvalue weighted by Crippen LogP contribution is -2.40. The molecule has 6 heteroatoms. The molecule has 0 N–H and O–H groups in total. The van der Waals surface area contributed by atoms with Crippen LogP contribution >= 0.6 is 0 Å². The highest BCUT2D eigenvalue weighted by Gasteiger charge is 2.36. The quantitative estimate of drug-likeness (QED) is 0.713. The third-order valence-electron chi connectivity index (χ3n) is 7.07. The largest absolute Gasteiger partial charge is 0.497 e. The number of piperidine rings is 1. The van der Waals surface area contributed by atoms with Crippen LogP contribution in [0.2, 0.25) is 0 Å². The summed E-state index contributed by atoms with van der Waals surface area (Å²) in [5.74, 6) is 1.72. The third kappa shape index (κ3) is 4.08. The van der Waals surface area contributed by atoms with Gasteiger partial charge in [-0.2, -0.15) is 0 Å². The van der Waals surface area contributed by atoms with Gasteiger partial charge in [0.25, 0.3) is 0 Å². The van der Waals surface area contributed by atoms with Gasteiger partial charge < -0.3 is 19.3 Å². The summed E-state index contributed by atoms with van der Waals surface area (Å²) < 4.78 is 10.8. The topological polar surface area (TPSA) is 45.3 Å². The van der Waals surface area contributed by atoms with Crippen LogP contribution in [-0.4, -0.2) is 75.2 Å². The van der Waals surface area contributed by atoms with E-state index in [0.717, 1.165) is 49.5 Å². The fraction of sp³-hybridized carbons (Fsp3) is 0.609. The molecule has 2 bridgehead atoms. The van der Waals surface area contributed by atoms with Gasteiger partial charge in [0.1, 0.15) is 11.5 Å². The second-order valence-corrected chi connectivity index (χ2v) is 8.67. The Morgan fingerprint density at radius 3 is 2.28 bits per heavy atom. The van der Waals surface area contributed by atoms with E-state index >= 15 is 0 Å². The van der Waals surface area contributed by atoms with E-state index in [1.54, 1.807) is 14.2 Å². The van der Waals surface area contributed by atoms with E-state index in [-0.39, 0.29) is 11.9 Å². The highest BCUT2D eigenvalue weighted by atomic mass is 16.5. The van der Waals surface area contributed by atoms with Gasteiger partial charge in [0, 0.05) is 62.2 Å². The van der Waals surface area contributed by atoms with Gasteiger partial charge in [-0.15, -0.1) is 0 Å². The molecule has 3 aliphatic rings. The number of carbonyl (C=O) groups is 1. The third-order valence-corrected chi connectivity index (χ3v) is 7.07. The summed E-state index contributed by atoms with van der Waals surface area (Å²) in [6.07, 6.45) is 7.53. The summed E-state index contributed by atoms with van der Waals surface area (Å²) in [5, 5.41) is 0. The van der Waals surface area contributed by atoms with Crippen LogP contribution in [-0.2, 0) is 4.79 Å². The normalized spacial score (nSPS) is 28.1. The van der Waals surface area contributed by atoms with Crippen molar-refractivity contribution in [2.75, 3.05) is 46.3 Å². The summed E-state index contributed by atoms with van der Waals surface area (Å²) in [6.45, 7) is 1.75. The second-order valence-electron chi connectivity index (χ2n) is 8.67. The van der Waals surface area contributed by atoms with Crippen LogP contribution in [0.1, 0.15) is 32.1 Å². The van der Waals surface area contributed by atoms with Gasteiger partial charge in [-0.1, -0.05) is 5.57 Å². The number of rotatable bonds is 5. The van der Waals surface area contributed by atoms with Gasteiger partial charge in [-0.25, -0.2) is 0 Å². The molecule has 6 nitrogen and oxygen atoms in total. The molecular weight excluding hydrogens is 366 g/mol. The molecule has 0 aliphatic carbocycles. The lowest BCUT2D eigenvalue weighted by Gasteiger charge is -2.33. The van der Waals surface area contributed by atoms with Crippen LogP contribution < -0.4 is 14.4 Å². The van der Waals surface area contributed by atoms with Crippen molar-refractivity contribution in [3.05, 3.63) is 29.8 Å². The lowest BCUT2D eigenvalue weighted by atomic mass is 9.96. The van der Waals surface area contributed by atoms with E-state index in [0.29, 0.717) is 12.1 Å². The van der Waals surface area contributed by atoms with Crippen LogP contribution in [0.5, 0.6) is 11.5 Å². The molecule has 0 spiro atoms. The van der Waals surface area contributed by atoms with E-state index in [1.807, 2.05) is 36.2 Å². The number of benzene rings is 1. The van der Waals surface area contributed by atoms with Crippen molar-refractivity contribution in [2.45, 2.75) is 50.2 Å². The van der Waals surface area contributed by atoms with Crippen LogP contribution in [0, 0.1) is 0 Å². The smallest absolute Gasteiger partial charge is 0.246 e. The SMILES string of the molecule is COc1cc(OC)cc(N2CC[C@@H](N(C)C(=O)C=C3C[C@H]4CC[C@@H](C3)N4C)C2)c1. The van der Waals surface area contributed by atoms with Gasteiger partial charge >= 0.3 is 0 Å². The van der Waals surface area contributed by atoms with Crippen molar-refractivity contribution in [1.82, 2.24) is 9.80 Å². The lowest BCUT2D eigenvalue weighted by molar-refractivity contribution is -0.126. The number of likely N-dealkylation sites (N-methyl/N-ethyl adjacent to an activating group) is 1. The first kappa shape index (κ1) is 20.1. The Bertz CT molecular complexity index is 755. The Morgan fingerprint density at radius 1 is 1.07 bits per heavy atom. The van der Waals surface area contributed by atoms with Crippen LogP contribution in [0.15, 0.2) is 29.8 Å². The van der Waals surface area contributed by atoms with Crippen molar-refractivity contribution < 1.29 is 14.3 Å². The average molecular weight is 400 g/mol. The summed E-state index contributed by atoms with van der Waals surface area (Å²) in [5.41, 5.74) is 2.41. The molecule has 4 rings (SSSR count). The zero-order valence-corrected chi connectivity index (χ0v) is 18.1. The molecule has 0 unspecified atom stereocenters. The highest BCUT2D eigenvalue weighted by molar-refractivity contribution is 5.88. The minimum atomic E-state index is 0.152. The molecule has 0 aromatic heterocycles. The minimum Gasteiger partial charge on any atom is -0.497 e. The first-order valence-corrected chi connectivity index (χ1v) is 10.6. The van der Waals surface area contributed by atoms with Gasteiger partial charge in [0.05, 0.1) is 20.3 Å². The molecule has 29 heavy (non-hydrogen) atoms. The molecule has 0 radical (unpaired) electrons. The molecule has 1 aromatic carbocycles. The van der Waals surface area contributed by atoms with Gasteiger partial charge in [0.2, 0.25) is 5.91 Å². The summed E-state index contributed by atoms with van der Waals surface area (Å²) in [7, 11) is 7.51. The van der Waals surface area contributed by atoms with E-state index in [1.165, 1.54) is 18.4 Å². The second kappa shape index (κ2) is 8.27. The van der Waals surface area contributed by atoms with E-state index < -0.39 is 0 Å². The van der Waals surface area contributed by atoms with Crippen molar-refractivity contribution in [1.29, 1.82) is 0 Å². The molecule has 3 atom stereocenters. The number of nitrogens with zero attached hydrogens (tertiary/aromatic N) is 3. The van der Waals surface area contributed by atoms with Crippen LogP contribution in [0.3, 0.4) is 0 Å². The Labute approximate surface area is 174 Å². The molecule has 3 heterocycles. The number of hydrogen-bond acceptors (Lipinski definition) is 5. The van der Waals surface area contributed by atoms with E-state index in [2.05, 4.69) is 16.8 Å². The zero-order valence-electron chi connectivity index (χ0n) is 18.1. The first-order chi connectivity index (χ1) is 14.0. The number of carbonyl (C=O) groups excluding carboxylic acids is 1. The first-order valence-electron chi connectivity index (χ1n) is 10.6. The molecule has 1 amide bonds.